The van der Waals surface area contributed by atoms with Gasteiger partial charge in [0, 0.05) is 18.3 Å². The Morgan fingerprint density at radius 2 is 1.37 bits per heavy atom. The fraction of sp³-hybridized carbons (Fsp3) is 0.938. The summed E-state index contributed by atoms with van der Waals surface area (Å²) in [6.07, 6.45) is 15.0. The Kier molecular flexibility index (Phi) is 16.0. The summed E-state index contributed by atoms with van der Waals surface area (Å²) in [5.74, 6) is 0.204. The number of carbonyl (C=O) groups excluding carboxylic acids is 1. The molecule has 0 radical (unpaired) electrons. The first kappa shape index (κ1) is 18.9. The number of halogens is 1. The highest BCUT2D eigenvalue weighted by atomic mass is 79.9. The number of amides is 1. The summed E-state index contributed by atoms with van der Waals surface area (Å²) in [5, 5.41) is 3.90. The maximum atomic E-state index is 11.3. The third-order valence-corrected chi connectivity index (χ3v) is 3.95. The molecule has 0 bridgehead atoms. The van der Waals surface area contributed by atoms with Gasteiger partial charge in [0.1, 0.15) is 0 Å². The molecule has 2 nitrogen and oxygen atoms in total. The molecule has 0 unspecified atom stereocenters. The van der Waals surface area contributed by atoms with E-state index in [1.54, 1.807) is 0 Å². The molecule has 114 valence electrons. The van der Waals surface area contributed by atoms with Gasteiger partial charge in [-0.3, -0.25) is 4.79 Å². The Balaban J connectivity index is 3.04. The van der Waals surface area contributed by atoms with Crippen molar-refractivity contribution in [3.05, 3.63) is 0 Å². The molecule has 1 amide bonds. The van der Waals surface area contributed by atoms with Gasteiger partial charge in [-0.1, -0.05) is 80.6 Å². The molecule has 0 fully saturated rings. The predicted molar refractivity (Wildman–Crippen MR) is 87.9 cm³/mol. The van der Waals surface area contributed by atoms with E-state index in [9.17, 15) is 4.79 Å². The Morgan fingerprint density at radius 3 is 1.89 bits per heavy atom. The molecule has 19 heavy (non-hydrogen) atoms. The van der Waals surface area contributed by atoms with Crippen LogP contribution in [0, 0.1) is 0 Å². The average molecular weight is 334 g/mol. The summed E-state index contributed by atoms with van der Waals surface area (Å²) in [6, 6.07) is 0. The summed E-state index contributed by atoms with van der Waals surface area (Å²) in [4.78, 5) is 11.3. The second-order valence-electron chi connectivity index (χ2n) is 5.32. The standard InChI is InChI=1S/C16H32BrNO/c1-2-3-4-5-6-7-8-9-10-11-15-18-16(19)13-12-14-17/h2-15H2,1H3,(H,18,19). The lowest BCUT2D eigenvalue weighted by Gasteiger charge is -2.04. The Hall–Kier alpha value is -0.0500. The van der Waals surface area contributed by atoms with E-state index in [2.05, 4.69) is 28.2 Å². The van der Waals surface area contributed by atoms with Crippen molar-refractivity contribution in [1.29, 1.82) is 0 Å². The molecule has 0 aliphatic rings. The van der Waals surface area contributed by atoms with Crippen LogP contribution in [0.3, 0.4) is 0 Å². The number of rotatable bonds is 14. The molecule has 0 aromatic rings. The van der Waals surface area contributed by atoms with E-state index >= 15 is 0 Å². The molecule has 0 aromatic heterocycles. The van der Waals surface area contributed by atoms with Crippen LogP contribution in [-0.4, -0.2) is 17.8 Å². The molecule has 0 heterocycles. The van der Waals surface area contributed by atoms with E-state index in [-0.39, 0.29) is 5.91 Å². The summed E-state index contributed by atoms with van der Waals surface area (Å²) in [5.41, 5.74) is 0. The lowest BCUT2D eigenvalue weighted by Crippen LogP contribution is -2.24. The van der Waals surface area contributed by atoms with Crippen LogP contribution in [0.25, 0.3) is 0 Å². The van der Waals surface area contributed by atoms with Crippen LogP contribution in [0.1, 0.15) is 84.0 Å². The highest BCUT2D eigenvalue weighted by molar-refractivity contribution is 9.09. The molecule has 1 N–H and O–H groups in total. The number of unbranched alkanes of at least 4 members (excludes halogenated alkanes) is 9. The summed E-state index contributed by atoms with van der Waals surface area (Å²) in [7, 11) is 0. The molecule has 0 saturated heterocycles. The minimum Gasteiger partial charge on any atom is -0.356 e. The molecule has 0 atom stereocenters. The maximum absolute atomic E-state index is 11.3. The van der Waals surface area contributed by atoms with Crippen molar-refractivity contribution in [3.8, 4) is 0 Å². The summed E-state index contributed by atoms with van der Waals surface area (Å²) < 4.78 is 0. The number of hydrogen-bond donors (Lipinski definition) is 1. The van der Waals surface area contributed by atoms with Crippen LogP contribution in [0.5, 0.6) is 0 Å². The Bertz CT molecular complexity index is 197. The molecular weight excluding hydrogens is 302 g/mol. The van der Waals surface area contributed by atoms with Gasteiger partial charge in [-0.2, -0.15) is 0 Å². The van der Waals surface area contributed by atoms with E-state index in [0.717, 1.165) is 24.7 Å². The van der Waals surface area contributed by atoms with Crippen LogP contribution >= 0.6 is 15.9 Å². The van der Waals surface area contributed by atoms with Crippen LogP contribution in [0.15, 0.2) is 0 Å². The van der Waals surface area contributed by atoms with E-state index in [4.69, 9.17) is 0 Å². The highest BCUT2D eigenvalue weighted by Gasteiger charge is 1.99. The first-order chi connectivity index (χ1) is 9.31. The van der Waals surface area contributed by atoms with Crippen molar-refractivity contribution in [2.24, 2.45) is 0 Å². The zero-order valence-corrected chi connectivity index (χ0v) is 14.3. The van der Waals surface area contributed by atoms with Gasteiger partial charge in [-0.15, -0.1) is 0 Å². The number of hydrogen-bond acceptors (Lipinski definition) is 1. The molecule has 0 saturated carbocycles. The van der Waals surface area contributed by atoms with Gasteiger partial charge in [-0.25, -0.2) is 0 Å². The van der Waals surface area contributed by atoms with Gasteiger partial charge in [0.25, 0.3) is 0 Å². The van der Waals surface area contributed by atoms with E-state index in [1.165, 1.54) is 57.8 Å². The first-order valence-corrected chi connectivity index (χ1v) is 9.26. The summed E-state index contributed by atoms with van der Waals surface area (Å²) in [6.45, 7) is 3.12. The van der Waals surface area contributed by atoms with Crippen LogP contribution in [0.4, 0.5) is 0 Å². The van der Waals surface area contributed by atoms with Crippen molar-refractivity contribution in [3.63, 3.8) is 0 Å². The molecular formula is C16H32BrNO. The van der Waals surface area contributed by atoms with Crippen molar-refractivity contribution in [1.82, 2.24) is 5.32 Å². The van der Waals surface area contributed by atoms with Crippen LogP contribution in [-0.2, 0) is 4.79 Å². The lowest BCUT2D eigenvalue weighted by molar-refractivity contribution is -0.121. The minimum atomic E-state index is 0.204. The number of alkyl halides is 1. The van der Waals surface area contributed by atoms with E-state index in [0.29, 0.717) is 6.42 Å². The van der Waals surface area contributed by atoms with Gasteiger partial charge < -0.3 is 5.32 Å². The zero-order valence-electron chi connectivity index (χ0n) is 12.7. The fourth-order valence-corrected chi connectivity index (χ4v) is 2.44. The normalized spacial score (nSPS) is 10.6. The molecule has 0 aliphatic carbocycles. The molecule has 0 aromatic carbocycles. The predicted octanol–water partition coefficient (Wildman–Crippen LogP) is 5.20. The topological polar surface area (TPSA) is 29.1 Å². The Morgan fingerprint density at radius 1 is 0.842 bits per heavy atom. The van der Waals surface area contributed by atoms with Crippen molar-refractivity contribution in [2.45, 2.75) is 84.0 Å². The molecule has 0 rings (SSSR count). The van der Waals surface area contributed by atoms with Crippen molar-refractivity contribution >= 4 is 21.8 Å². The van der Waals surface area contributed by atoms with E-state index < -0.39 is 0 Å². The van der Waals surface area contributed by atoms with Crippen molar-refractivity contribution < 1.29 is 4.79 Å². The fourth-order valence-electron chi connectivity index (χ4n) is 2.16. The van der Waals surface area contributed by atoms with Gasteiger partial charge in [0.05, 0.1) is 0 Å². The van der Waals surface area contributed by atoms with E-state index in [1.807, 2.05) is 0 Å². The minimum absolute atomic E-state index is 0.204. The van der Waals surface area contributed by atoms with Crippen LogP contribution in [0.2, 0.25) is 0 Å². The SMILES string of the molecule is CCCCCCCCCCCCNC(=O)CCCBr. The molecule has 0 aliphatic heterocycles. The number of carbonyl (C=O) groups is 1. The average Bonchev–Trinajstić information content (AvgIpc) is 2.42. The first-order valence-electron chi connectivity index (χ1n) is 8.14. The number of nitrogens with one attached hydrogen (secondary N) is 1. The quantitative estimate of drug-likeness (QED) is 0.343. The molecule has 3 heteroatoms. The smallest absolute Gasteiger partial charge is 0.220 e. The monoisotopic (exact) mass is 333 g/mol. The second kappa shape index (κ2) is 16.0. The summed E-state index contributed by atoms with van der Waals surface area (Å²) >= 11 is 3.33. The molecule has 0 spiro atoms. The third kappa shape index (κ3) is 15.9. The third-order valence-electron chi connectivity index (χ3n) is 3.39. The van der Waals surface area contributed by atoms with Gasteiger partial charge >= 0.3 is 0 Å². The highest BCUT2D eigenvalue weighted by Crippen LogP contribution is 2.10. The maximum Gasteiger partial charge on any atom is 0.220 e. The van der Waals surface area contributed by atoms with Crippen molar-refractivity contribution in [2.75, 3.05) is 11.9 Å². The van der Waals surface area contributed by atoms with Gasteiger partial charge in [0.15, 0.2) is 0 Å². The lowest BCUT2D eigenvalue weighted by atomic mass is 10.1. The van der Waals surface area contributed by atoms with Gasteiger partial charge in [0.2, 0.25) is 5.91 Å². The van der Waals surface area contributed by atoms with Crippen LogP contribution < -0.4 is 5.32 Å². The van der Waals surface area contributed by atoms with Gasteiger partial charge in [-0.05, 0) is 12.8 Å². The Labute approximate surface area is 128 Å². The zero-order chi connectivity index (χ0) is 14.2. The largest absolute Gasteiger partial charge is 0.356 e. The second-order valence-corrected chi connectivity index (χ2v) is 6.12.